The fourth-order valence-electron chi connectivity index (χ4n) is 2.81. The molecule has 1 saturated carbocycles. The molecule has 0 aliphatic heterocycles. The van der Waals surface area contributed by atoms with E-state index < -0.39 is 0 Å². The smallest absolute Gasteiger partial charge is 0.310 e. The molecule has 0 heterocycles. The van der Waals surface area contributed by atoms with E-state index in [2.05, 4.69) is 33.8 Å². The molecular formula is C18H24O2. The van der Waals surface area contributed by atoms with E-state index in [0.717, 1.165) is 11.1 Å². The average Bonchev–Trinajstić information content (AvgIpc) is 2.88. The van der Waals surface area contributed by atoms with Crippen molar-refractivity contribution in [3.63, 3.8) is 0 Å². The molecule has 0 amide bonds. The van der Waals surface area contributed by atoms with Crippen molar-refractivity contribution in [3.8, 4) is 0 Å². The Bertz CT molecular complexity index is 536. The molecule has 0 unspecified atom stereocenters. The highest BCUT2D eigenvalue weighted by molar-refractivity contribution is 5.78. The minimum Gasteiger partial charge on any atom is -0.461 e. The second-order valence-corrected chi connectivity index (χ2v) is 6.60. The number of hydrogen-bond acceptors (Lipinski definition) is 2. The fourth-order valence-corrected chi connectivity index (χ4v) is 2.81. The third kappa shape index (κ3) is 2.95. The normalized spacial score (nSPS) is 23.1. The van der Waals surface area contributed by atoms with Crippen LogP contribution in [0.5, 0.6) is 0 Å². The van der Waals surface area contributed by atoms with Gasteiger partial charge in [-0.15, -0.1) is 0 Å². The Balaban J connectivity index is 1.97. The molecule has 0 bridgehead atoms. The van der Waals surface area contributed by atoms with E-state index in [1.165, 1.54) is 5.57 Å². The number of benzene rings is 1. The average molecular weight is 272 g/mol. The van der Waals surface area contributed by atoms with Crippen LogP contribution in [-0.2, 0) is 16.1 Å². The number of hydrogen-bond donors (Lipinski definition) is 0. The zero-order valence-electron chi connectivity index (χ0n) is 13.1. The summed E-state index contributed by atoms with van der Waals surface area (Å²) in [6.45, 7) is 10.8. The van der Waals surface area contributed by atoms with Crippen molar-refractivity contribution in [2.75, 3.05) is 0 Å². The van der Waals surface area contributed by atoms with Gasteiger partial charge in [0.2, 0.25) is 0 Å². The Kier molecular flexibility index (Phi) is 4.03. The van der Waals surface area contributed by atoms with Crippen molar-refractivity contribution < 1.29 is 9.53 Å². The minimum absolute atomic E-state index is 0.00131. The summed E-state index contributed by atoms with van der Waals surface area (Å²) in [6, 6.07) is 8.02. The second kappa shape index (κ2) is 5.43. The van der Waals surface area contributed by atoms with Crippen molar-refractivity contribution in [2.45, 2.75) is 41.2 Å². The topological polar surface area (TPSA) is 26.3 Å². The number of esters is 1. The largest absolute Gasteiger partial charge is 0.461 e. The lowest BCUT2D eigenvalue weighted by Gasteiger charge is -2.08. The second-order valence-electron chi connectivity index (χ2n) is 6.60. The summed E-state index contributed by atoms with van der Waals surface area (Å²) >= 11 is 0. The van der Waals surface area contributed by atoms with Gasteiger partial charge in [0.1, 0.15) is 6.61 Å². The lowest BCUT2D eigenvalue weighted by Crippen LogP contribution is -2.11. The van der Waals surface area contributed by atoms with Crippen LogP contribution < -0.4 is 0 Å². The van der Waals surface area contributed by atoms with Gasteiger partial charge >= 0.3 is 5.97 Å². The predicted octanol–water partition coefficient (Wildman–Crippen LogP) is 4.28. The van der Waals surface area contributed by atoms with Crippen LogP contribution in [0, 0.1) is 24.2 Å². The Morgan fingerprint density at radius 2 is 1.95 bits per heavy atom. The summed E-state index contributed by atoms with van der Waals surface area (Å²) in [5.74, 6) is 0.249. The molecular weight excluding hydrogens is 248 g/mol. The van der Waals surface area contributed by atoms with Crippen molar-refractivity contribution in [1.82, 2.24) is 0 Å². The summed E-state index contributed by atoms with van der Waals surface area (Å²) < 4.78 is 5.51. The van der Waals surface area contributed by atoms with Crippen molar-refractivity contribution in [1.29, 1.82) is 0 Å². The van der Waals surface area contributed by atoms with Crippen LogP contribution in [0.3, 0.4) is 0 Å². The van der Waals surface area contributed by atoms with Gasteiger partial charge in [-0.25, -0.2) is 0 Å². The third-order valence-electron chi connectivity index (χ3n) is 4.31. The van der Waals surface area contributed by atoms with E-state index in [4.69, 9.17) is 4.74 Å². The molecule has 1 aliphatic rings. The van der Waals surface area contributed by atoms with Crippen LogP contribution in [0.2, 0.25) is 0 Å². The van der Waals surface area contributed by atoms with E-state index in [1.807, 2.05) is 31.2 Å². The third-order valence-corrected chi connectivity index (χ3v) is 4.31. The van der Waals surface area contributed by atoms with E-state index in [9.17, 15) is 4.79 Å². The van der Waals surface area contributed by atoms with Crippen LogP contribution >= 0.6 is 0 Å². The first kappa shape index (κ1) is 14.8. The van der Waals surface area contributed by atoms with Crippen LogP contribution in [0.1, 0.15) is 38.8 Å². The number of allylic oxidation sites excluding steroid dienone is 2. The van der Waals surface area contributed by atoms with E-state index >= 15 is 0 Å². The van der Waals surface area contributed by atoms with Gasteiger partial charge in [0, 0.05) is 0 Å². The summed E-state index contributed by atoms with van der Waals surface area (Å²) in [5, 5.41) is 0. The summed E-state index contributed by atoms with van der Waals surface area (Å²) in [6.07, 6.45) is 2.19. The van der Waals surface area contributed by atoms with Gasteiger partial charge in [-0.2, -0.15) is 0 Å². The molecule has 0 spiro atoms. The number of carbonyl (C=O) groups excluding carboxylic acids is 1. The molecule has 2 rings (SSSR count). The SMILES string of the molecule is CC(C)=C[C@@H]1[C@@H](C(=O)OCc2ccccc2C)C1(C)C. The van der Waals surface area contributed by atoms with Crippen LogP contribution in [0.4, 0.5) is 0 Å². The van der Waals surface area contributed by atoms with Crippen LogP contribution in [0.15, 0.2) is 35.9 Å². The molecule has 2 nitrogen and oxygen atoms in total. The van der Waals surface area contributed by atoms with Gasteiger partial charge in [0.05, 0.1) is 5.92 Å². The Morgan fingerprint density at radius 3 is 2.55 bits per heavy atom. The molecule has 1 aliphatic carbocycles. The fraction of sp³-hybridized carbons (Fsp3) is 0.500. The number of carbonyl (C=O) groups is 1. The quantitative estimate of drug-likeness (QED) is 0.604. The monoisotopic (exact) mass is 272 g/mol. The molecule has 20 heavy (non-hydrogen) atoms. The van der Waals surface area contributed by atoms with Crippen LogP contribution in [0.25, 0.3) is 0 Å². The molecule has 1 fully saturated rings. The van der Waals surface area contributed by atoms with E-state index in [1.54, 1.807) is 0 Å². The lowest BCUT2D eigenvalue weighted by atomic mass is 10.1. The van der Waals surface area contributed by atoms with Crippen LogP contribution in [-0.4, -0.2) is 5.97 Å². The number of aryl methyl sites for hydroxylation is 1. The molecule has 108 valence electrons. The highest BCUT2D eigenvalue weighted by atomic mass is 16.5. The molecule has 0 N–H and O–H groups in total. The lowest BCUT2D eigenvalue weighted by molar-refractivity contribution is -0.147. The number of ether oxygens (including phenoxy) is 1. The van der Waals surface area contributed by atoms with Gasteiger partial charge in [-0.1, -0.05) is 49.8 Å². The first-order valence-corrected chi connectivity index (χ1v) is 7.20. The van der Waals surface area contributed by atoms with E-state index in [-0.39, 0.29) is 17.3 Å². The highest BCUT2D eigenvalue weighted by Crippen LogP contribution is 2.59. The van der Waals surface area contributed by atoms with Gasteiger partial charge in [0.15, 0.2) is 0 Å². The number of rotatable bonds is 4. The zero-order valence-corrected chi connectivity index (χ0v) is 13.1. The first-order chi connectivity index (χ1) is 9.34. The van der Waals surface area contributed by atoms with Gasteiger partial charge in [-0.05, 0) is 43.2 Å². The predicted molar refractivity (Wildman–Crippen MR) is 81.2 cm³/mol. The van der Waals surface area contributed by atoms with Gasteiger partial charge < -0.3 is 4.74 Å². The molecule has 1 aromatic rings. The maximum atomic E-state index is 12.2. The Morgan fingerprint density at radius 1 is 1.30 bits per heavy atom. The maximum Gasteiger partial charge on any atom is 0.310 e. The summed E-state index contributed by atoms with van der Waals surface area (Å²) in [4.78, 5) is 12.2. The van der Waals surface area contributed by atoms with Crippen molar-refractivity contribution >= 4 is 5.97 Å². The molecule has 0 radical (unpaired) electrons. The minimum atomic E-state index is -0.0687. The Labute approximate surface area is 121 Å². The summed E-state index contributed by atoms with van der Waals surface area (Å²) in [7, 11) is 0. The van der Waals surface area contributed by atoms with Crippen molar-refractivity contribution in [2.24, 2.45) is 17.3 Å². The van der Waals surface area contributed by atoms with Gasteiger partial charge in [0.25, 0.3) is 0 Å². The van der Waals surface area contributed by atoms with Gasteiger partial charge in [-0.3, -0.25) is 4.79 Å². The molecule has 2 heteroatoms. The van der Waals surface area contributed by atoms with E-state index in [0.29, 0.717) is 12.5 Å². The summed E-state index contributed by atoms with van der Waals surface area (Å²) in [5.41, 5.74) is 3.53. The van der Waals surface area contributed by atoms with Crippen molar-refractivity contribution in [3.05, 3.63) is 47.0 Å². The first-order valence-electron chi connectivity index (χ1n) is 7.20. The standard InChI is InChI=1S/C18H24O2/c1-12(2)10-15-16(18(15,4)5)17(19)20-11-14-9-7-6-8-13(14)3/h6-10,15-16H,11H2,1-5H3/t15-,16+/m1/s1. The molecule has 0 aromatic heterocycles. The molecule has 1 aromatic carbocycles. The Hall–Kier alpha value is -1.57. The zero-order chi connectivity index (χ0) is 14.9. The molecule has 2 atom stereocenters. The maximum absolute atomic E-state index is 12.2. The highest BCUT2D eigenvalue weighted by Gasteiger charge is 2.61. The molecule has 0 saturated heterocycles.